The second kappa shape index (κ2) is 7.85. The van der Waals surface area contributed by atoms with E-state index < -0.39 is 5.54 Å². The summed E-state index contributed by atoms with van der Waals surface area (Å²) in [7, 11) is 1.61. The fraction of sp³-hybridized carbons (Fsp3) is 0.435. The van der Waals surface area contributed by atoms with Gasteiger partial charge in [0.05, 0.1) is 7.11 Å². The van der Waals surface area contributed by atoms with Gasteiger partial charge in [-0.15, -0.1) is 0 Å². The van der Waals surface area contributed by atoms with Crippen LogP contribution in [0.2, 0.25) is 0 Å². The van der Waals surface area contributed by atoms with E-state index in [9.17, 15) is 4.79 Å². The smallest absolute Gasteiger partial charge is 0.243 e. The zero-order valence-electron chi connectivity index (χ0n) is 18.0. The number of rotatable bonds is 4. The van der Waals surface area contributed by atoms with Crippen molar-refractivity contribution in [2.45, 2.75) is 31.8 Å². The quantitative estimate of drug-likeness (QED) is 0.673. The summed E-state index contributed by atoms with van der Waals surface area (Å²) in [6.07, 6.45) is 3.49. The van der Waals surface area contributed by atoms with Crippen LogP contribution in [-0.2, 0) is 11.3 Å². The fourth-order valence-electron chi connectivity index (χ4n) is 4.78. The zero-order chi connectivity index (χ0) is 21.4. The molecule has 2 N–H and O–H groups in total. The van der Waals surface area contributed by atoms with Crippen molar-refractivity contribution in [1.29, 1.82) is 0 Å². The molecule has 1 spiro atoms. The first-order valence-electron chi connectivity index (χ1n) is 10.8. The van der Waals surface area contributed by atoms with E-state index >= 15 is 0 Å². The molecule has 5 rings (SSSR count). The average molecular weight is 421 g/mol. The number of piperazine rings is 1. The number of piperidine rings is 1. The normalized spacial score (nSPS) is 18.7. The number of nitrogens with zero attached hydrogens (tertiary/aromatic N) is 4. The minimum atomic E-state index is -0.505. The molecule has 0 aliphatic carbocycles. The van der Waals surface area contributed by atoms with Crippen molar-refractivity contribution in [3.05, 3.63) is 47.8 Å². The molecule has 2 aliphatic rings. The van der Waals surface area contributed by atoms with Crippen LogP contribution in [0.1, 0.15) is 24.1 Å². The largest absolute Gasteiger partial charge is 0.481 e. The highest BCUT2D eigenvalue weighted by molar-refractivity contribution is 5.89. The number of ether oxygens (including phenoxy) is 1. The predicted molar refractivity (Wildman–Crippen MR) is 119 cm³/mol. The van der Waals surface area contributed by atoms with Gasteiger partial charge in [-0.1, -0.05) is 18.2 Å². The number of carbonyl (C=O) groups excluding carboxylic acids is 1. The molecule has 1 amide bonds. The van der Waals surface area contributed by atoms with Crippen LogP contribution in [0.25, 0.3) is 10.9 Å². The number of para-hydroxylation sites is 1. The second-order valence-electron chi connectivity index (χ2n) is 8.43. The van der Waals surface area contributed by atoms with Crippen LogP contribution in [0.3, 0.4) is 0 Å². The second-order valence-corrected chi connectivity index (χ2v) is 8.43. The molecule has 162 valence electrons. The molecule has 0 saturated carbocycles. The monoisotopic (exact) mass is 420 g/mol. The predicted octanol–water partition coefficient (Wildman–Crippen LogP) is 2.25. The number of fused-ring (bicyclic) bond motifs is 1. The molecule has 0 atom stereocenters. The van der Waals surface area contributed by atoms with Crippen LogP contribution in [-0.4, -0.2) is 64.6 Å². The lowest BCUT2D eigenvalue weighted by Gasteiger charge is -2.47. The third-order valence-electron chi connectivity index (χ3n) is 6.51. The lowest BCUT2D eigenvalue weighted by atomic mass is 9.84. The summed E-state index contributed by atoms with van der Waals surface area (Å²) in [6.45, 7) is 5.56. The lowest BCUT2D eigenvalue weighted by Crippen LogP contribution is -2.67. The Hall–Kier alpha value is -3.13. The van der Waals surface area contributed by atoms with Crippen LogP contribution in [0, 0.1) is 6.92 Å². The van der Waals surface area contributed by atoms with E-state index in [0.717, 1.165) is 50.2 Å². The molecule has 2 aliphatic heterocycles. The molecule has 0 unspecified atom stereocenters. The van der Waals surface area contributed by atoms with Gasteiger partial charge in [-0.05, 0) is 31.4 Å². The molecule has 1 aromatic carbocycles. The van der Waals surface area contributed by atoms with Crippen LogP contribution in [0.4, 0.5) is 5.95 Å². The number of anilines is 1. The van der Waals surface area contributed by atoms with Crippen molar-refractivity contribution < 1.29 is 9.53 Å². The maximum Gasteiger partial charge on any atom is 0.243 e. The van der Waals surface area contributed by atoms with Gasteiger partial charge in [0.25, 0.3) is 0 Å². The summed E-state index contributed by atoms with van der Waals surface area (Å²) in [5.74, 6) is 1.44. The molecule has 8 heteroatoms. The van der Waals surface area contributed by atoms with Crippen LogP contribution >= 0.6 is 0 Å². The van der Waals surface area contributed by atoms with Gasteiger partial charge in [0, 0.05) is 61.6 Å². The first-order chi connectivity index (χ1) is 15.1. The lowest BCUT2D eigenvalue weighted by molar-refractivity contribution is -0.143. The Bertz CT molecular complexity index is 1100. The van der Waals surface area contributed by atoms with Crippen molar-refractivity contribution in [3.8, 4) is 5.88 Å². The number of carbonyl (C=O) groups is 1. The first-order valence-corrected chi connectivity index (χ1v) is 10.8. The summed E-state index contributed by atoms with van der Waals surface area (Å²) in [4.78, 5) is 30.1. The summed E-state index contributed by atoms with van der Waals surface area (Å²) in [5.41, 5.74) is 2.64. The average Bonchev–Trinajstić information content (AvgIpc) is 3.20. The number of aromatic nitrogens is 3. The first kappa shape index (κ1) is 19.8. The number of benzene rings is 1. The molecular weight excluding hydrogens is 392 g/mol. The molecule has 2 aromatic heterocycles. The van der Waals surface area contributed by atoms with E-state index in [-0.39, 0.29) is 5.91 Å². The Balaban J connectivity index is 1.31. The molecule has 2 fully saturated rings. The third-order valence-corrected chi connectivity index (χ3v) is 6.51. The summed E-state index contributed by atoms with van der Waals surface area (Å²) in [5, 5.41) is 4.73. The topological polar surface area (TPSA) is 86.4 Å². The van der Waals surface area contributed by atoms with Gasteiger partial charge in [-0.3, -0.25) is 4.79 Å². The van der Waals surface area contributed by atoms with Gasteiger partial charge < -0.3 is 24.8 Å². The van der Waals surface area contributed by atoms with Crippen molar-refractivity contribution >= 4 is 22.8 Å². The number of aryl methyl sites for hydroxylation is 1. The summed E-state index contributed by atoms with van der Waals surface area (Å²) >= 11 is 0. The van der Waals surface area contributed by atoms with Gasteiger partial charge in [-0.2, -0.15) is 4.98 Å². The molecule has 0 radical (unpaired) electrons. The van der Waals surface area contributed by atoms with E-state index in [1.807, 2.05) is 36.2 Å². The molecular formula is C23H28N6O2. The van der Waals surface area contributed by atoms with E-state index in [2.05, 4.69) is 37.3 Å². The SMILES string of the molecule is COc1cc(C)nc(N2CCC3(CC2)NCCN(Cc2c[nH]c4ccccc24)C3=O)n1. The van der Waals surface area contributed by atoms with Crippen LogP contribution in [0.15, 0.2) is 36.5 Å². The summed E-state index contributed by atoms with van der Waals surface area (Å²) in [6, 6.07) is 10.1. The maximum atomic E-state index is 13.5. The van der Waals surface area contributed by atoms with E-state index in [1.165, 1.54) is 10.9 Å². The van der Waals surface area contributed by atoms with Crippen LogP contribution in [0.5, 0.6) is 5.88 Å². The van der Waals surface area contributed by atoms with Gasteiger partial charge in [0.15, 0.2) is 0 Å². The van der Waals surface area contributed by atoms with Crippen molar-refractivity contribution in [2.24, 2.45) is 0 Å². The van der Waals surface area contributed by atoms with E-state index in [4.69, 9.17) is 4.74 Å². The molecule has 8 nitrogen and oxygen atoms in total. The van der Waals surface area contributed by atoms with Crippen LogP contribution < -0.4 is 15.0 Å². The molecule has 4 heterocycles. The Morgan fingerprint density at radius 3 is 2.77 bits per heavy atom. The number of nitrogens with one attached hydrogen (secondary N) is 2. The van der Waals surface area contributed by atoms with E-state index in [1.54, 1.807) is 7.11 Å². The molecule has 2 saturated heterocycles. The van der Waals surface area contributed by atoms with Crippen molar-refractivity contribution in [2.75, 3.05) is 38.2 Å². The molecule has 3 aromatic rings. The van der Waals surface area contributed by atoms with Gasteiger partial charge in [0.1, 0.15) is 5.54 Å². The Kier molecular flexibility index (Phi) is 5.02. The van der Waals surface area contributed by atoms with E-state index in [0.29, 0.717) is 18.4 Å². The van der Waals surface area contributed by atoms with Crippen molar-refractivity contribution in [3.63, 3.8) is 0 Å². The number of aromatic amines is 1. The highest BCUT2D eigenvalue weighted by Crippen LogP contribution is 2.30. The van der Waals surface area contributed by atoms with Crippen molar-refractivity contribution in [1.82, 2.24) is 25.2 Å². The fourth-order valence-corrected chi connectivity index (χ4v) is 4.78. The van der Waals surface area contributed by atoms with Gasteiger partial charge in [0.2, 0.25) is 17.7 Å². The summed E-state index contributed by atoms with van der Waals surface area (Å²) < 4.78 is 5.29. The number of H-pyrrole nitrogens is 1. The number of amides is 1. The number of hydrogen-bond acceptors (Lipinski definition) is 6. The maximum absolute atomic E-state index is 13.5. The van der Waals surface area contributed by atoms with Gasteiger partial charge >= 0.3 is 0 Å². The highest BCUT2D eigenvalue weighted by Gasteiger charge is 2.46. The molecule has 31 heavy (non-hydrogen) atoms. The Labute approximate surface area is 181 Å². The minimum Gasteiger partial charge on any atom is -0.481 e. The molecule has 0 bridgehead atoms. The van der Waals surface area contributed by atoms with Gasteiger partial charge in [-0.25, -0.2) is 4.98 Å². The standard InChI is InChI=1S/C23H28N6O2/c1-16-13-20(31-2)27-22(26-16)28-10-7-23(8-11-28)21(30)29(12-9-25-23)15-17-14-24-19-6-4-3-5-18(17)19/h3-6,13-14,24-25H,7-12,15H2,1-2H3. The minimum absolute atomic E-state index is 0.200. The Morgan fingerprint density at radius 1 is 1.16 bits per heavy atom. The number of methoxy groups -OCH3 is 1. The number of hydrogen-bond donors (Lipinski definition) is 2. The Morgan fingerprint density at radius 2 is 1.97 bits per heavy atom. The zero-order valence-corrected chi connectivity index (χ0v) is 18.0. The third kappa shape index (κ3) is 3.61. The highest BCUT2D eigenvalue weighted by atomic mass is 16.5.